The van der Waals surface area contributed by atoms with Crippen molar-refractivity contribution >= 4 is 11.9 Å². The standard InChI is InChI=1S/C31H60O5/c1-4-6-8-10-11-12-13-14-15-16-17-18-20-28-35-30(32)25-21-26-31(33)36-29(24-22-27-34-3)23-19-9-7-5-2/h29H,4-28H2,1-3H3. The predicted octanol–water partition coefficient (Wildman–Crippen LogP) is 9.10. The fraction of sp³-hybridized carbons (Fsp3) is 0.935. The summed E-state index contributed by atoms with van der Waals surface area (Å²) in [5.74, 6) is -0.393. The number of hydrogen-bond acceptors (Lipinski definition) is 5. The first-order valence-corrected chi connectivity index (χ1v) is 15.5. The van der Waals surface area contributed by atoms with Gasteiger partial charge < -0.3 is 14.2 Å². The maximum absolute atomic E-state index is 12.2. The third-order valence-corrected chi connectivity index (χ3v) is 6.83. The third kappa shape index (κ3) is 26.0. The monoisotopic (exact) mass is 512 g/mol. The van der Waals surface area contributed by atoms with Gasteiger partial charge in [0.1, 0.15) is 6.10 Å². The molecule has 1 unspecified atom stereocenters. The Morgan fingerprint density at radius 1 is 0.528 bits per heavy atom. The molecule has 0 heterocycles. The van der Waals surface area contributed by atoms with Gasteiger partial charge in [0.2, 0.25) is 0 Å². The van der Waals surface area contributed by atoms with Gasteiger partial charge in [0.05, 0.1) is 6.61 Å². The highest BCUT2D eigenvalue weighted by Gasteiger charge is 2.15. The first kappa shape index (κ1) is 34.9. The van der Waals surface area contributed by atoms with E-state index in [1.54, 1.807) is 7.11 Å². The fourth-order valence-corrected chi connectivity index (χ4v) is 4.52. The molecule has 0 saturated heterocycles. The van der Waals surface area contributed by atoms with Crippen LogP contribution in [-0.2, 0) is 23.8 Å². The summed E-state index contributed by atoms with van der Waals surface area (Å²) in [5, 5.41) is 0. The van der Waals surface area contributed by atoms with E-state index in [1.165, 1.54) is 89.9 Å². The second-order valence-corrected chi connectivity index (χ2v) is 10.4. The van der Waals surface area contributed by atoms with Gasteiger partial charge in [-0.25, -0.2) is 0 Å². The van der Waals surface area contributed by atoms with Gasteiger partial charge in [-0.15, -0.1) is 0 Å². The molecule has 214 valence electrons. The summed E-state index contributed by atoms with van der Waals surface area (Å²) in [4.78, 5) is 24.2. The average molecular weight is 513 g/mol. The van der Waals surface area contributed by atoms with Crippen LogP contribution in [0, 0.1) is 0 Å². The molecule has 0 aliphatic heterocycles. The molecule has 5 heteroatoms. The molecule has 0 fully saturated rings. The minimum Gasteiger partial charge on any atom is -0.466 e. The van der Waals surface area contributed by atoms with Crippen LogP contribution in [0.25, 0.3) is 0 Å². The van der Waals surface area contributed by atoms with Crippen molar-refractivity contribution in [1.82, 2.24) is 0 Å². The number of methoxy groups -OCH3 is 1. The van der Waals surface area contributed by atoms with Crippen molar-refractivity contribution < 1.29 is 23.8 Å². The molecule has 0 aromatic carbocycles. The third-order valence-electron chi connectivity index (χ3n) is 6.83. The van der Waals surface area contributed by atoms with Gasteiger partial charge in [0.25, 0.3) is 0 Å². The van der Waals surface area contributed by atoms with Crippen LogP contribution < -0.4 is 0 Å². The van der Waals surface area contributed by atoms with E-state index in [0.717, 1.165) is 38.5 Å². The number of unbranched alkanes of at least 4 members (excludes halogenated alkanes) is 15. The van der Waals surface area contributed by atoms with Gasteiger partial charge in [0, 0.05) is 26.6 Å². The van der Waals surface area contributed by atoms with Crippen LogP contribution in [0.5, 0.6) is 0 Å². The van der Waals surface area contributed by atoms with Gasteiger partial charge in [-0.2, -0.15) is 0 Å². The van der Waals surface area contributed by atoms with Crippen molar-refractivity contribution in [3.63, 3.8) is 0 Å². The Labute approximate surface area is 223 Å². The molecule has 0 saturated carbocycles. The van der Waals surface area contributed by atoms with E-state index < -0.39 is 0 Å². The van der Waals surface area contributed by atoms with Crippen molar-refractivity contribution in [3.05, 3.63) is 0 Å². The topological polar surface area (TPSA) is 61.8 Å². The second-order valence-electron chi connectivity index (χ2n) is 10.4. The van der Waals surface area contributed by atoms with Crippen LogP contribution >= 0.6 is 0 Å². The van der Waals surface area contributed by atoms with Crippen LogP contribution in [0.4, 0.5) is 0 Å². The summed E-state index contributed by atoms with van der Waals surface area (Å²) in [6.45, 7) is 5.65. The van der Waals surface area contributed by atoms with Crippen molar-refractivity contribution in [1.29, 1.82) is 0 Å². The molecule has 0 aliphatic carbocycles. The van der Waals surface area contributed by atoms with E-state index in [-0.39, 0.29) is 24.5 Å². The predicted molar refractivity (Wildman–Crippen MR) is 150 cm³/mol. The first-order valence-electron chi connectivity index (χ1n) is 15.5. The molecular formula is C31H60O5. The SMILES string of the molecule is CCCCCCCCCCCCCCCOC(=O)CCCC(=O)OC(CCCCCC)CCCOC. The molecule has 5 nitrogen and oxygen atoms in total. The lowest BCUT2D eigenvalue weighted by Gasteiger charge is -2.18. The maximum Gasteiger partial charge on any atom is 0.306 e. The summed E-state index contributed by atoms with van der Waals surface area (Å²) >= 11 is 0. The molecule has 0 radical (unpaired) electrons. The van der Waals surface area contributed by atoms with Crippen molar-refractivity contribution in [2.45, 2.75) is 168 Å². The van der Waals surface area contributed by atoms with Crippen LogP contribution in [-0.4, -0.2) is 38.4 Å². The highest BCUT2D eigenvalue weighted by atomic mass is 16.5. The zero-order valence-corrected chi connectivity index (χ0v) is 24.3. The highest BCUT2D eigenvalue weighted by Crippen LogP contribution is 2.15. The van der Waals surface area contributed by atoms with Crippen LogP contribution in [0.1, 0.15) is 162 Å². The number of carbonyl (C=O) groups excluding carboxylic acids is 2. The van der Waals surface area contributed by atoms with E-state index in [2.05, 4.69) is 13.8 Å². The zero-order valence-electron chi connectivity index (χ0n) is 24.3. The molecule has 0 aliphatic rings. The Bertz CT molecular complexity index is 480. The maximum atomic E-state index is 12.2. The van der Waals surface area contributed by atoms with Gasteiger partial charge in [-0.3, -0.25) is 9.59 Å². The fourth-order valence-electron chi connectivity index (χ4n) is 4.52. The minimum atomic E-state index is -0.197. The van der Waals surface area contributed by atoms with Gasteiger partial charge >= 0.3 is 11.9 Å². The number of carbonyl (C=O) groups is 2. The Balaban J connectivity index is 3.65. The zero-order chi connectivity index (χ0) is 26.5. The van der Waals surface area contributed by atoms with E-state index in [4.69, 9.17) is 14.2 Å². The quantitative estimate of drug-likeness (QED) is 0.0772. The number of rotatable bonds is 28. The Kier molecular flexibility index (Phi) is 27.6. The summed E-state index contributed by atoms with van der Waals surface area (Å²) in [5.41, 5.74) is 0. The molecule has 0 N–H and O–H groups in total. The van der Waals surface area contributed by atoms with Crippen LogP contribution in [0.15, 0.2) is 0 Å². The summed E-state index contributed by atoms with van der Waals surface area (Å²) < 4.78 is 16.2. The Morgan fingerprint density at radius 2 is 1.00 bits per heavy atom. The summed E-state index contributed by atoms with van der Waals surface area (Å²) in [7, 11) is 1.69. The molecule has 0 spiro atoms. The van der Waals surface area contributed by atoms with Crippen molar-refractivity contribution in [2.75, 3.05) is 20.3 Å². The van der Waals surface area contributed by atoms with E-state index in [0.29, 0.717) is 26.1 Å². The minimum absolute atomic E-state index is 0.0352. The summed E-state index contributed by atoms with van der Waals surface area (Å²) in [6, 6.07) is 0. The molecule has 0 aromatic heterocycles. The van der Waals surface area contributed by atoms with Crippen molar-refractivity contribution in [2.24, 2.45) is 0 Å². The van der Waals surface area contributed by atoms with Crippen LogP contribution in [0.3, 0.4) is 0 Å². The molecular weight excluding hydrogens is 452 g/mol. The molecule has 0 amide bonds. The normalized spacial score (nSPS) is 12.0. The smallest absolute Gasteiger partial charge is 0.306 e. The molecule has 36 heavy (non-hydrogen) atoms. The van der Waals surface area contributed by atoms with Gasteiger partial charge in [-0.1, -0.05) is 110 Å². The number of ether oxygens (including phenoxy) is 3. The van der Waals surface area contributed by atoms with E-state index >= 15 is 0 Å². The van der Waals surface area contributed by atoms with Gasteiger partial charge in [0.15, 0.2) is 0 Å². The molecule has 0 rings (SSSR count). The Morgan fingerprint density at radius 3 is 1.56 bits per heavy atom. The van der Waals surface area contributed by atoms with Gasteiger partial charge in [-0.05, 0) is 38.5 Å². The van der Waals surface area contributed by atoms with Crippen LogP contribution in [0.2, 0.25) is 0 Å². The molecule has 1 atom stereocenters. The van der Waals surface area contributed by atoms with E-state index in [9.17, 15) is 9.59 Å². The second kappa shape index (κ2) is 28.5. The largest absolute Gasteiger partial charge is 0.466 e. The summed E-state index contributed by atoms with van der Waals surface area (Å²) in [6.07, 6.45) is 25.3. The highest BCUT2D eigenvalue weighted by molar-refractivity contribution is 5.72. The average Bonchev–Trinajstić information content (AvgIpc) is 2.86. The molecule has 0 bridgehead atoms. The number of hydrogen-bond donors (Lipinski definition) is 0. The lowest BCUT2D eigenvalue weighted by atomic mass is 10.0. The first-order chi connectivity index (χ1) is 17.6. The number of esters is 2. The lowest BCUT2D eigenvalue weighted by molar-refractivity contribution is -0.150. The lowest BCUT2D eigenvalue weighted by Crippen LogP contribution is -2.19. The molecule has 0 aromatic rings. The Hall–Kier alpha value is -1.10. The van der Waals surface area contributed by atoms with E-state index in [1.807, 2.05) is 0 Å². The van der Waals surface area contributed by atoms with Crippen molar-refractivity contribution in [3.8, 4) is 0 Å².